The number of carbonyl (C=O) groups is 1. The van der Waals surface area contributed by atoms with E-state index >= 15 is 0 Å². The van der Waals surface area contributed by atoms with Gasteiger partial charge in [-0.1, -0.05) is 11.6 Å². The quantitative estimate of drug-likeness (QED) is 0.669. The van der Waals surface area contributed by atoms with Gasteiger partial charge in [0.05, 0.1) is 11.8 Å². The summed E-state index contributed by atoms with van der Waals surface area (Å²) in [5.41, 5.74) is 0.816. The number of aliphatic hydroxyl groups is 1. The highest BCUT2D eigenvalue weighted by Crippen LogP contribution is 2.04. The number of hydrogen-bond donors (Lipinski definition) is 2. The van der Waals surface area contributed by atoms with Crippen LogP contribution in [0.15, 0.2) is 6.20 Å². The number of nitrogens with one attached hydrogen (secondary N) is 1. The molecule has 0 aliphatic heterocycles. The van der Waals surface area contributed by atoms with Crippen LogP contribution in [0.4, 0.5) is 0 Å². The van der Waals surface area contributed by atoms with E-state index in [1.54, 1.807) is 11.6 Å². The molecule has 1 amide bonds. The van der Waals surface area contributed by atoms with Crippen molar-refractivity contribution in [3.63, 3.8) is 0 Å². The van der Waals surface area contributed by atoms with Gasteiger partial charge in [0.2, 0.25) is 5.91 Å². The number of aliphatic hydroxyl groups excluding tert-OH is 1. The van der Waals surface area contributed by atoms with Crippen LogP contribution in [0.5, 0.6) is 0 Å². The Morgan fingerprint density at radius 2 is 2.10 bits per heavy atom. The van der Waals surface area contributed by atoms with Gasteiger partial charge in [0, 0.05) is 31.6 Å². The number of nitrogens with zero attached hydrogens (tertiary/aromatic N) is 3. The van der Waals surface area contributed by atoms with Crippen LogP contribution in [-0.2, 0) is 17.8 Å². The van der Waals surface area contributed by atoms with Crippen LogP contribution in [0.25, 0.3) is 0 Å². The molecule has 1 unspecified atom stereocenters. The van der Waals surface area contributed by atoms with Crippen molar-refractivity contribution in [2.24, 2.45) is 0 Å². The van der Waals surface area contributed by atoms with Gasteiger partial charge in [-0.15, -0.1) is 5.10 Å². The molecule has 0 aliphatic carbocycles. The van der Waals surface area contributed by atoms with Gasteiger partial charge in [-0.25, -0.2) is 0 Å². The monoisotopic (exact) mass is 282 g/mol. The average Bonchev–Trinajstić information content (AvgIpc) is 2.74. The molecule has 0 fully saturated rings. The van der Waals surface area contributed by atoms with Gasteiger partial charge in [0.25, 0.3) is 0 Å². The van der Waals surface area contributed by atoms with Crippen LogP contribution in [0, 0.1) is 0 Å². The van der Waals surface area contributed by atoms with Crippen molar-refractivity contribution in [2.45, 2.75) is 71.6 Å². The number of aryl methyl sites for hydroxylation is 1. The molecular formula is C14H26N4O2. The summed E-state index contributed by atoms with van der Waals surface area (Å²) in [5.74, 6) is 0.125. The topological polar surface area (TPSA) is 80.0 Å². The van der Waals surface area contributed by atoms with E-state index in [9.17, 15) is 9.90 Å². The van der Waals surface area contributed by atoms with Gasteiger partial charge >= 0.3 is 0 Å². The smallest absolute Gasteiger partial charge is 0.220 e. The summed E-state index contributed by atoms with van der Waals surface area (Å²) in [4.78, 5) is 11.4. The molecule has 1 atom stereocenters. The molecule has 0 saturated carbocycles. The summed E-state index contributed by atoms with van der Waals surface area (Å²) in [6, 6.07) is 0.213. The fourth-order valence-electron chi connectivity index (χ4n) is 1.97. The predicted octanol–water partition coefficient (Wildman–Crippen LogP) is 1.29. The number of rotatable bonds is 9. The lowest BCUT2D eigenvalue weighted by molar-refractivity contribution is -0.121. The molecular weight excluding hydrogens is 256 g/mol. The van der Waals surface area contributed by atoms with Crippen LogP contribution in [0.3, 0.4) is 0 Å². The molecule has 0 aromatic carbocycles. The summed E-state index contributed by atoms with van der Waals surface area (Å²) in [5, 5.41) is 20.2. The average molecular weight is 282 g/mol. The highest BCUT2D eigenvalue weighted by atomic mass is 16.3. The zero-order chi connectivity index (χ0) is 15.0. The second kappa shape index (κ2) is 8.68. The molecule has 0 bridgehead atoms. The molecule has 0 aliphatic rings. The Morgan fingerprint density at radius 3 is 2.75 bits per heavy atom. The normalized spacial score (nSPS) is 12.7. The fourth-order valence-corrected chi connectivity index (χ4v) is 1.97. The van der Waals surface area contributed by atoms with E-state index in [1.807, 2.05) is 20.0 Å². The second-order valence-electron chi connectivity index (χ2n) is 5.56. The maximum Gasteiger partial charge on any atom is 0.220 e. The van der Waals surface area contributed by atoms with Crippen LogP contribution >= 0.6 is 0 Å². The first-order valence-electron chi connectivity index (χ1n) is 7.34. The Morgan fingerprint density at radius 1 is 1.35 bits per heavy atom. The summed E-state index contributed by atoms with van der Waals surface area (Å²) >= 11 is 0. The van der Waals surface area contributed by atoms with E-state index < -0.39 is 0 Å². The minimum Gasteiger partial charge on any atom is -0.393 e. The molecule has 2 N–H and O–H groups in total. The van der Waals surface area contributed by atoms with Crippen LogP contribution < -0.4 is 5.32 Å². The minimum absolute atomic E-state index is 0.125. The van der Waals surface area contributed by atoms with Crippen molar-refractivity contribution in [1.82, 2.24) is 20.3 Å². The van der Waals surface area contributed by atoms with Crippen LogP contribution in [0.1, 0.15) is 52.1 Å². The van der Waals surface area contributed by atoms with Crippen molar-refractivity contribution < 1.29 is 9.90 Å². The highest BCUT2D eigenvalue weighted by Gasteiger charge is 2.05. The van der Waals surface area contributed by atoms with Gasteiger partial charge in [0.1, 0.15) is 0 Å². The third-order valence-corrected chi connectivity index (χ3v) is 2.83. The highest BCUT2D eigenvalue weighted by molar-refractivity contribution is 5.76. The molecule has 1 heterocycles. The molecule has 20 heavy (non-hydrogen) atoms. The Labute approximate surface area is 120 Å². The van der Waals surface area contributed by atoms with Crippen molar-refractivity contribution in [3.8, 4) is 0 Å². The Kier molecular flexibility index (Phi) is 7.22. The van der Waals surface area contributed by atoms with E-state index in [0.717, 1.165) is 31.5 Å². The van der Waals surface area contributed by atoms with Crippen molar-refractivity contribution in [2.75, 3.05) is 0 Å². The van der Waals surface area contributed by atoms with E-state index in [-0.39, 0.29) is 18.1 Å². The van der Waals surface area contributed by atoms with Gasteiger partial charge in [-0.2, -0.15) is 0 Å². The number of amides is 1. The van der Waals surface area contributed by atoms with Gasteiger partial charge in [-0.3, -0.25) is 9.48 Å². The van der Waals surface area contributed by atoms with Gasteiger partial charge in [0.15, 0.2) is 0 Å². The lowest BCUT2D eigenvalue weighted by atomic mass is 10.2. The molecule has 1 rings (SSSR count). The van der Waals surface area contributed by atoms with Crippen LogP contribution in [0.2, 0.25) is 0 Å². The van der Waals surface area contributed by atoms with Crippen molar-refractivity contribution in [3.05, 3.63) is 11.9 Å². The number of aromatic nitrogens is 3. The number of carbonyl (C=O) groups excluding carboxylic acids is 1. The standard InChI is InChI=1S/C14H26N4O2/c1-11(2)15-14(20)7-5-4-6-8-18-10-13(16-17-18)9-12(3)19/h10-12,19H,4-9H2,1-3H3,(H,15,20). The van der Waals surface area contributed by atoms with E-state index in [4.69, 9.17) is 0 Å². The van der Waals surface area contributed by atoms with E-state index in [1.165, 1.54) is 0 Å². The molecule has 1 aromatic heterocycles. The summed E-state index contributed by atoms with van der Waals surface area (Å²) < 4.78 is 1.80. The third kappa shape index (κ3) is 7.23. The molecule has 1 aromatic rings. The molecule has 6 heteroatoms. The first-order valence-corrected chi connectivity index (χ1v) is 7.34. The Balaban J connectivity index is 2.12. The number of unbranched alkanes of at least 4 members (excludes halogenated alkanes) is 2. The third-order valence-electron chi connectivity index (χ3n) is 2.83. The predicted molar refractivity (Wildman–Crippen MR) is 77.2 cm³/mol. The second-order valence-corrected chi connectivity index (χ2v) is 5.56. The molecule has 0 radical (unpaired) electrons. The zero-order valence-electron chi connectivity index (χ0n) is 12.7. The Bertz CT molecular complexity index is 402. The molecule has 0 saturated heterocycles. The molecule has 0 spiro atoms. The summed E-state index contributed by atoms with van der Waals surface area (Å²) in [6.07, 6.45) is 5.48. The van der Waals surface area contributed by atoms with Crippen LogP contribution in [-0.4, -0.2) is 38.2 Å². The van der Waals surface area contributed by atoms with Crippen molar-refractivity contribution >= 4 is 5.91 Å². The zero-order valence-corrected chi connectivity index (χ0v) is 12.7. The van der Waals surface area contributed by atoms with E-state index in [0.29, 0.717) is 12.8 Å². The first kappa shape index (κ1) is 16.6. The largest absolute Gasteiger partial charge is 0.393 e. The van der Waals surface area contributed by atoms with Gasteiger partial charge < -0.3 is 10.4 Å². The maximum absolute atomic E-state index is 11.4. The summed E-state index contributed by atoms with van der Waals surface area (Å²) in [7, 11) is 0. The lowest BCUT2D eigenvalue weighted by Crippen LogP contribution is -2.29. The molecule has 6 nitrogen and oxygen atoms in total. The first-order chi connectivity index (χ1) is 9.47. The van der Waals surface area contributed by atoms with E-state index in [2.05, 4.69) is 15.6 Å². The Hall–Kier alpha value is -1.43. The SMILES string of the molecule is CC(O)Cc1cn(CCCCCC(=O)NC(C)C)nn1. The minimum atomic E-state index is -0.389. The maximum atomic E-state index is 11.4. The molecule has 114 valence electrons. The summed E-state index contributed by atoms with van der Waals surface area (Å²) in [6.45, 7) is 6.47. The van der Waals surface area contributed by atoms with Crippen molar-refractivity contribution in [1.29, 1.82) is 0 Å². The number of hydrogen-bond acceptors (Lipinski definition) is 4. The lowest BCUT2D eigenvalue weighted by Gasteiger charge is -2.07. The fraction of sp³-hybridized carbons (Fsp3) is 0.786. The van der Waals surface area contributed by atoms with Gasteiger partial charge in [-0.05, 0) is 33.6 Å².